The Hall–Kier alpha value is -2.86. The van der Waals surface area contributed by atoms with E-state index in [0.717, 1.165) is 22.8 Å². The van der Waals surface area contributed by atoms with Crippen molar-refractivity contribution < 1.29 is 19.4 Å². The summed E-state index contributed by atoms with van der Waals surface area (Å²) in [6.45, 7) is 0. The molecule has 0 aliphatic rings. The van der Waals surface area contributed by atoms with Crippen LogP contribution in [0.25, 0.3) is 16.6 Å². The van der Waals surface area contributed by atoms with Gasteiger partial charge in [-0.25, -0.2) is 9.18 Å². The predicted molar refractivity (Wildman–Crippen MR) is 83.1 cm³/mol. The van der Waals surface area contributed by atoms with Gasteiger partial charge >= 0.3 is 5.97 Å². The van der Waals surface area contributed by atoms with Crippen molar-refractivity contribution >= 4 is 28.5 Å². The van der Waals surface area contributed by atoms with E-state index >= 15 is 0 Å². The summed E-state index contributed by atoms with van der Waals surface area (Å²) in [5, 5.41) is 19.3. The SMILES string of the molecule is O=C(O)c1cc2c(O)cccc2n(-c2ccc(F)cc2Cl)c1=O. The maximum Gasteiger partial charge on any atom is 0.341 e. The molecule has 7 heteroatoms. The quantitative estimate of drug-likeness (QED) is 0.755. The Morgan fingerprint density at radius 3 is 2.57 bits per heavy atom. The third-order valence-corrected chi connectivity index (χ3v) is 3.71. The van der Waals surface area contributed by atoms with Crippen LogP contribution in [0.5, 0.6) is 5.75 Å². The lowest BCUT2D eigenvalue weighted by Crippen LogP contribution is -2.25. The van der Waals surface area contributed by atoms with Crippen LogP contribution in [0.15, 0.2) is 47.3 Å². The smallest absolute Gasteiger partial charge is 0.341 e. The molecule has 0 spiro atoms. The fourth-order valence-electron chi connectivity index (χ4n) is 2.37. The minimum absolute atomic E-state index is 0.0562. The number of aromatic carboxylic acids is 1. The van der Waals surface area contributed by atoms with Crippen LogP contribution in [-0.2, 0) is 0 Å². The normalized spacial score (nSPS) is 10.9. The summed E-state index contributed by atoms with van der Waals surface area (Å²) in [5.74, 6) is -2.21. The summed E-state index contributed by atoms with van der Waals surface area (Å²) in [6.07, 6.45) is 0. The van der Waals surface area contributed by atoms with Gasteiger partial charge in [-0.1, -0.05) is 17.7 Å². The molecule has 23 heavy (non-hydrogen) atoms. The number of aromatic hydroxyl groups is 1. The second kappa shape index (κ2) is 5.40. The number of phenolic OH excluding ortho intramolecular Hbond substituents is 1. The summed E-state index contributed by atoms with van der Waals surface area (Å²) < 4.78 is 14.3. The second-order valence-electron chi connectivity index (χ2n) is 4.81. The summed E-state index contributed by atoms with van der Waals surface area (Å²) in [4.78, 5) is 23.8. The second-order valence-corrected chi connectivity index (χ2v) is 5.22. The number of aromatic nitrogens is 1. The average molecular weight is 334 g/mol. The van der Waals surface area contributed by atoms with Crippen LogP contribution in [0.2, 0.25) is 5.02 Å². The number of carboxylic acid groups (broad SMARTS) is 1. The molecule has 0 saturated carbocycles. The minimum Gasteiger partial charge on any atom is -0.507 e. The van der Waals surface area contributed by atoms with Gasteiger partial charge in [-0.15, -0.1) is 0 Å². The molecule has 3 rings (SSSR count). The Morgan fingerprint density at radius 1 is 1.17 bits per heavy atom. The van der Waals surface area contributed by atoms with Gasteiger partial charge in [0, 0.05) is 5.39 Å². The zero-order valence-electron chi connectivity index (χ0n) is 11.5. The van der Waals surface area contributed by atoms with Gasteiger partial charge in [0.15, 0.2) is 0 Å². The van der Waals surface area contributed by atoms with E-state index in [0.29, 0.717) is 0 Å². The Labute approximate surface area is 133 Å². The largest absolute Gasteiger partial charge is 0.507 e. The van der Waals surface area contributed by atoms with E-state index in [2.05, 4.69) is 0 Å². The van der Waals surface area contributed by atoms with Crippen molar-refractivity contribution in [1.82, 2.24) is 4.57 Å². The predicted octanol–water partition coefficient (Wildman–Crippen LogP) is 3.19. The van der Waals surface area contributed by atoms with Gasteiger partial charge in [-0.2, -0.15) is 0 Å². The number of rotatable bonds is 2. The van der Waals surface area contributed by atoms with E-state index in [1.165, 1.54) is 24.3 Å². The number of carbonyl (C=O) groups is 1. The number of hydrogen-bond donors (Lipinski definition) is 2. The number of benzene rings is 2. The third-order valence-electron chi connectivity index (χ3n) is 3.40. The van der Waals surface area contributed by atoms with Crippen molar-refractivity contribution in [3.05, 3.63) is 69.2 Å². The third kappa shape index (κ3) is 2.43. The van der Waals surface area contributed by atoms with Gasteiger partial charge in [0.05, 0.1) is 16.2 Å². The Balaban J connectivity index is 2.52. The first-order valence-electron chi connectivity index (χ1n) is 6.46. The van der Waals surface area contributed by atoms with Crippen LogP contribution in [-0.4, -0.2) is 20.7 Å². The lowest BCUT2D eigenvalue weighted by molar-refractivity contribution is 0.0695. The van der Waals surface area contributed by atoms with Crippen LogP contribution in [0, 0.1) is 5.82 Å². The minimum atomic E-state index is -1.44. The molecule has 0 atom stereocenters. The maximum atomic E-state index is 13.2. The molecule has 0 amide bonds. The van der Waals surface area contributed by atoms with Gasteiger partial charge in [0.25, 0.3) is 5.56 Å². The number of hydrogen-bond acceptors (Lipinski definition) is 3. The van der Waals surface area contributed by atoms with Crippen molar-refractivity contribution in [3.8, 4) is 11.4 Å². The molecule has 0 aliphatic heterocycles. The summed E-state index contributed by atoms with van der Waals surface area (Å²) in [6, 6.07) is 8.90. The van der Waals surface area contributed by atoms with E-state index in [9.17, 15) is 24.2 Å². The molecule has 1 heterocycles. The monoisotopic (exact) mass is 333 g/mol. The van der Waals surface area contributed by atoms with E-state index in [1.807, 2.05) is 0 Å². The van der Waals surface area contributed by atoms with Crippen molar-refractivity contribution in [2.45, 2.75) is 0 Å². The molecule has 3 aromatic rings. The first-order valence-corrected chi connectivity index (χ1v) is 6.84. The maximum absolute atomic E-state index is 13.2. The van der Waals surface area contributed by atoms with Crippen molar-refractivity contribution in [2.24, 2.45) is 0 Å². The van der Waals surface area contributed by atoms with E-state index in [4.69, 9.17) is 11.6 Å². The molecular weight excluding hydrogens is 325 g/mol. The van der Waals surface area contributed by atoms with Gasteiger partial charge < -0.3 is 10.2 Å². The fraction of sp³-hybridized carbons (Fsp3) is 0. The van der Waals surface area contributed by atoms with Gasteiger partial charge in [-0.05, 0) is 36.4 Å². The highest BCUT2D eigenvalue weighted by Gasteiger charge is 2.18. The highest BCUT2D eigenvalue weighted by molar-refractivity contribution is 6.32. The summed E-state index contributed by atoms with van der Waals surface area (Å²) in [7, 11) is 0. The van der Waals surface area contributed by atoms with Crippen molar-refractivity contribution in [3.63, 3.8) is 0 Å². The average Bonchev–Trinajstić information content (AvgIpc) is 2.48. The first-order chi connectivity index (χ1) is 10.9. The van der Waals surface area contributed by atoms with Gasteiger partial charge in [0.1, 0.15) is 17.1 Å². The highest BCUT2D eigenvalue weighted by atomic mass is 35.5. The molecule has 0 unspecified atom stereocenters. The molecule has 2 N–H and O–H groups in total. The van der Waals surface area contributed by atoms with Crippen LogP contribution < -0.4 is 5.56 Å². The number of nitrogens with zero attached hydrogens (tertiary/aromatic N) is 1. The summed E-state index contributed by atoms with van der Waals surface area (Å²) in [5.41, 5.74) is -0.978. The number of halogens is 2. The van der Waals surface area contributed by atoms with Crippen LogP contribution in [0.3, 0.4) is 0 Å². The van der Waals surface area contributed by atoms with Crippen LogP contribution in [0.4, 0.5) is 4.39 Å². The Kier molecular flexibility index (Phi) is 3.54. The van der Waals surface area contributed by atoms with E-state index < -0.39 is 22.9 Å². The van der Waals surface area contributed by atoms with E-state index in [-0.39, 0.29) is 27.4 Å². The lowest BCUT2D eigenvalue weighted by Gasteiger charge is -2.14. The number of fused-ring (bicyclic) bond motifs is 1. The van der Waals surface area contributed by atoms with Crippen molar-refractivity contribution in [1.29, 1.82) is 0 Å². The molecule has 2 aromatic carbocycles. The molecule has 0 radical (unpaired) electrons. The molecule has 0 bridgehead atoms. The zero-order valence-corrected chi connectivity index (χ0v) is 12.2. The Morgan fingerprint density at radius 2 is 1.91 bits per heavy atom. The number of carboxylic acids is 1. The molecule has 0 fully saturated rings. The summed E-state index contributed by atoms with van der Waals surface area (Å²) >= 11 is 6.00. The molecule has 5 nitrogen and oxygen atoms in total. The Bertz CT molecular complexity index is 1010. The first kappa shape index (κ1) is 15.1. The zero-order chi connectivity index (χ0) is 16.7. The highest BCUT2D eigenvalue weighted by Crippen LogP contribution is 2.28. The molecular formula is C16H9ClFNO4. The molecule has 0 saturated heterocycles. The topological polar surface area (TPSA) is 79.5 Å². The standard InChI is InChI=1S/C16H9ClFNO4/c17-11-6-8(18)4-5-13(11)19-12-2-1-3-14(20)9(12)7-10(15(19)21)16(22)23/h1-7,20H,(H,22,23). The fourth-order valence-corrected chi connectivity index (χ4v) is 2.63. The molecule has 116 valence electrons. The van der Waals surface area contributed by atoms with Crippen LogP contribution in [0.1, 0.15) is 10.4 Å². The molecule has 1 aromatic heterocycles. The van der Waals surface area contributed by atoms with Gasteiger partial charge in [0.2, 0.25) is 0 Å². The molecule has 0 aliphatic carbocycles. The number of phenols is 1. The number of pyridine rings is 1. The van der Waals surface area contributed by atoms with Crippen LogP contribution >= 0.6 is 11.6 Å². The lowest BCUT2D eigenvalue weighted by atomic mass is 10.1. The van der Waals surface area contributed by atoms with E-state index in [1.54, 1.807) is 0 Å². The van der Waals surface area contributed by atoms with Crippen molar-refractivity contribution in [2.75, 3.05) is 0 Å². The van der Waals surface area contributed by atoms with Gasteiger partial charge in [-0.3, -0.25) is 9.36 Å².